The number of rotatable bonds is 2. The van der Waals surface area contributed by atoms with Crippen LogP contribution in [0.2, 0.25) is 0 Å². The average Bonchev–Trinajstić information content (AvgIpc) is 2.18. The quantitative estimate of drug-likeness (QED) is 0.664. The Morgan fingerprint density at radius 1 is 1.64 bits per heavy atom. The van der Waals surface area contributed by atoms with Gasteiger partial charge < -0.3 is 9.08 Å². The number of nitrogens with zero attached hydrogens (tertiary/aromatic N) is 1. The van der Waals surface area contributed by atoms with Gasteiger partial charge in [0.15, 0.2) is 5.82 Å². The lowest BCUT2D eigenvalue weighted by molar-refractivity contribution is 0.399. The molecule has 0 saturated heterocycles. The molecule has 0 aromatic carbocycles. The molecule has 1 aromatic heterocycles. The maximum atomic E-state index is 10.1. The fourth-order valence-corrected chi connectivity index (χ4v) is 0.940. The summed E-state index contributed by atoms with van der Waals surface area (Å²) in [6.07, 6.45) is 0. The van der Waals surface area contributed by atoms with Crippen LogP contribution in [0.3, 0.4) is 0 Å². The van der Waals surface area contributed by atoms with Gasteiger partial charge in [-0.25, -0.2) is 0 Å². The summed E-state index contributed by atoms with van der Waals surface area (Å²) >= 11 is -2.34. The Morgan fingerprint density at radius 2 is 2.27 bits per heavy atom. The zero-order valence-electron chi connectivity index (χ0n) is 6.08. The molecular formula is C5H7N2O3S-. The van der Waals surface area contributed by atoms with E-state index >= 15 is 0 Å². The molecule has 0 aliphatic rings. The van der Waals surface area contributed by atoms with Crippen molar-refractivity contribution in [2.75, 3.05) is 4.72 Å². The molecule has 1 aromatic rings. The number of anilines is 1. The zero-order valence-corrected chi connectivity index (χ0v) is 6.90. The second kappa shape index (κ2) is 3.02. The van der Waals surface area contributed by atoms with Gasteiger partial charge in [-0.3, -0.25) is 8.93 Å². The Kier molecular flexibility index (Phi) is 2.25. The molecule has 1 atom stereocenters. The summed E-state index contributed by atoms with van der Waals surface area (Å²) in [6, 6.07) is 0. The van der Waals surface area contributed by atoms with Crippen LogP contribution in [0.5, 0.6) is 0 Å². The van der Waals surface area contributed by atoms with E-state index in [0.717, 1.165) is 0 Å². The summed E-state index contributed by atoms with van der Waals surface area (Å²) < 4.78 is 27.1. The van der Waals surface area contributed by atoms with E-state index in [-0.39, 0.29) is 5.82 Å². The summed E-state index contributed by atoms with van der Waals surface area (Å²) in [7, 11) is 0. The van der Waals surface area contributed by atoms with Gasteiger partial charge >= 0.3 is 0 Å². The highest BCUT2D eigenvalue weighted by molar-refractivity contribution is 7.80. The molecule has 1 unspecified atom stereocenters. The lowest BCUT2D eigenvalue weighted by Gasteiger charge is -2.04. The highest BCUT2D eigenvalue weighted by Crippen LogP contribution is 2.16. The van der Waals surface area contributed by atoms with Crippen LogP contribution in [0.1, 0.15) is 11.3 Å². The smallest absolute Gasteiger partial charge is 0.183 e. The van der Waals surface area contributed by atoms with Crippen LogP contribution < -0.4 is 4.72 Å². The van der Waals surface area contributed by atoms with Gasteiger partial charge in [-0.05, 0) is 13.8 Å². The molecule has 62 valence electrons. The van der Waals surface area contributed by atoms with Crippen molar-refractivity contribution in [3.8, 4) is 0 Å². The van der Waals surface area contributed by atoms with Gasteiger partial charge in [-0.2, -0.15) is 0 Å². The van der Waals surface area contributed by atoms with Gasteiger partial charge in [0.2, 0.25) is 0 Å². The fraction of sp³-hybridized carbons (Fsp3) is 0.400. The van der Waals surface area contributed by atoms with Gasteiger partial charge in [0.05, 0.1) is 0 Å². The first-order valence-corrected chi connectivity index (χ1v) is 3.97. The topological polar surface area (TPSA) is 78.2 Å². The first-order valence-electron chi connectivity index (χ1n) is 2.90. The zero-order chi connectivity index (χ0) is 8.43. The molecule has 0 amide bonds. The predicted octanol–water partition coefficient (Wildman–Crippen LogP) is 0.497. The van der Waals surface area contributed by atoms with Crippen molar-refractivity contribution in [3.63, 3.8) is 0 Å². The third kappa shape index (κ3) is 1.78. The summed E-state index contributed by atoms with van der Waals surface area (Å²) in [4.78, 5) is 0. The van der Waals surface area contributed by atoms with Crippen molar-refractivity contribution < 1.29 is 13.3 Å². The van der Waals surface area contributed by atoms with Crippen molar-refractivity contribution in [1.29, 1.82) is 0 Å². The second-order valence-electron chi connectivity index (χ2n) is 2.05. The van der Waals surface area contributed by atoms with Crippen LogP contribution in [0.15, 0.2) is 4.52 Å². The van der Waals surface area contributed by atoms with Crippen LogP contribution in [0.4, 0.5) is 5.82 Å². The van der Waals surface area contributed by atoms with Gasteiger partial charge in [0.25, 0.3) is 0 Å². The van der Waals surface area contributed by atoms with E-state index in [1.807, 2.05) is 0 Å². The number of nitrogens with one attached hydrogen (secondary N) is 1. The Balaban J connectivity index is 2.87. The lowest BCUT2D eigenvalue weighted by Crippen LogP contribution is -2.03. The molecule has 0 aliphatic carbocycles. The molecule has 0 bridgehead atoms. The standard InChI is InChI=1S/C5H8N2O3S/c1-3-4(2)10-6-5(3)7-11(8)9/h1-2H3,(H,6,7)(H,8,9)/p-1. The predicted molar refractivity (Wildman–Crippen MR) is 38.5 cm³/mol. The van der Waals surface area contributed by atoms with Crippen LogP contribution in [0.25, 0.3) is 0 Å². The first-order chi connectivity index (χ1) is 5.11. The summed E-state index contributed by atoms with van der Waals surface area (Å²) in [5.41, 5.74) is 0.703. The molecule has 1 rings (SSSR count). The van der Waals surface area contributed by atoms with Crippen LogP contribution in [-0.2, 0) is 11.3 Å². The molecular weight excluding hydrogens is 168 g/mol. The van der Waals surface area contributed by atoms with Crippen molar-refractivity contribution in [2.24, 2.45) is 0 Å². The molecule has 1 heterocycles. The molecule has 0 spiro atoms. The van der Waals surface area contributed by atoms with E-state index in [4.69, 9.17) is 4.52 Å². The molecule has 0 radical (unpaired) electrons. The number of hydrogen-bond donors (Lipinski definition) is 1. The minimum absolute atomic E-state index is 0.246. The highest BCUT2D eigenvalue weighted by Gasteiger charge is 2.06. The minimum Gasteiger partial charge on any atom is -0.755 e. The lowest BCUT2D eigenvalue weighted by atomic mass is 10.3. The van der Waals surface area contributed by atoms with Crippen LogP contribution >= 0.6 is 0 Å². The van der Waals surface area contributed by atoms with Gasteiger partial charge in [-0.1, -0.05) is 5.16 Å². The van der Waals surface area contributed by atoms with Crippen molar-refractivity contribution in [2.45, 2.75) is 13.8 Å². The molecule has 1 N–H and O–H groups in total. The molecule has 5 nitrogen and oxygen atoms in total. The normalized spacial score (nSPS) is 13.0. The van der Waals surface area contributed by atoms with Crippen LogP contribution in [-0.4, -0.2) is 13.9 Å². The Labute approximate surface area is 66.2 Å². The van der Waals surface area contributed by atoms with E-state index in [1.54, 1.807) is 13.8 Å². The third-order valence-corrected chi connectivity index (χ3v) is 1.70. The van der Waals surface area contributed by atoms with Gasteiger partial charge in [-0.15, -0.1) is 0 Å². The molecule has 0 fully saturated rings. The molecule has 6 heteroatoms. The summed E-state index contributed by atoms with van der Waals surface area (Å²) in [6.45, 7) is 3.43. The summed E-state index contributed by atoms with van der Waals surface area (Å²) in [5.74, 6) is 0.855. The monoisotopic (exact) mass is 175 g/mol. The van der Waals surface area contributed by atoms with Gasteiger partial charge in [0, 0.05) is 16.8 Å². The largest absolute Gasteiger partial charge is 0.755 e. The van der Waals surface area contributed by atoms with E-state index in [1.165, 1.54) is 0 Å². The third-order valence-electron chi connectivity index (χ3n) is 1.34. The van der Waals surface area contributed by atoms with Crippen LogP contribution in [0, 0.1) is 13.8 Å². The molecule has 11 heavy (non-hydrogen) atoms. The van der Waals surface area contributed by atoms with E-state index in [9.17, 15) is 8.76 Å². The maximum Gasteiger partial charge on any atom is 0.183 e. The van der Waals surface area contributed by atoms with Gasteiger partial charge in [0.1, 0.15) is 5.76 Å². The van der Waals surface area contributed by atoms with E-state index < -0.39 is 11.3 Å². The molecule has 0 aliphatic heterocycles. The van der Waals surface area contributed by atoms with E-state index in [2.05, 4.69) is 9.88 Å². The number of aryl methyl sites for hydroxylation is 1. The molecule has 0 saturated carbocycles. The first kappa shape index (κ1) is 8.22. The average molecular weight is 175 g/mol. The van der Waals surface area contributed by atoms with E-state index in [0.29, 0.717) is 11.3 Å². The second-order valence-corrected chi connectivity index (χ2v) is 2.72. The minimum atomic E-state index is -2.34. The Bertz CT molecular complexity index is 283. The van der Waals surface area contributed by atoms with Crippen molar-refractivity contribution in [3.05, 3.63) is 11.3 Å². The highest BCUT2D eigenvalue weighted by atomic mass is 32.2. The summed E-state index contributed by atoms with van der Waals surface area (Å²) in [5, 5.41) is 3.48. The maximum absolute atomic E-state index is 10.1. The Hall–Kier alpha value is -0.880. The fourth-order valence-electron chi connectivity index (χ4n) is 0.592. The van der Waals surface area contributed by atoms with Crippen molar-refractivity contribution in [1.82, 2.24) is 5.16 Å². The Morgan fingerprint density at radius 3 is 2.64 bits per heavy atom. The number of hydrogen-bond acceptors (Lipinski definition) is 4. The SMILES string of the molecule is Cc1onc(NS(=O)[O-])c1C. The number of aromatic nitrogens is 1. The van der Waals surface area contributed by atoms with Crippen molar-refractivity contribution >= 4 is 17.1 Å².